The second-order valence-corrected chi connectivity index (χ2v) is 6.95. The van der Waals surface area contributed by atoms with Crippen LogP contribution < -0.4 is 10.1 Å². The van der Waals surface area contributed by atoms with Crippen LogP contribution in [-0.2, 0) is 22.6 Å². The average molecular weight is 429 g/mol. The van der Waals surface area contributed by atoms with Crippen LogP contribution >= 0.6 is 0 Å². The molecule has 7 nitrogen and oxygen atoms in total. The molecule has 0 aliphatic carbocycles. The minimum Gasteiger partial charge on any atom is -0.497 e. The van der Waals surface area contributed by atoms with Gasteiger partial charge in [0.1, 0.15) is 5.75 Å². The van der Waals surface area contributed by atoms with Crippen LogP contribution in [0.5, 0.6) is 5.75 Å². The molecule has 1 atom stereocenters. The summed E-state index contributed by atoms with van der Waals surface area (Å²) in [5.74, 6) is 0.895. The summed E-state index contributed by atoms with van der Waals surface area (Å²) >= 11 is 0. The highest BCUT2D eigenvalue weighted by atomic mass is 16.5. The highest BCUT2D eigenvalue weighted by Gasteiger charge is 2.16. The predicted octanol–water partition coefficient (Wildman–Crippen LogP) is 3.15. The number of benzene rings is 2. The Morgan fingerprint density at radius 3 is 2.29 bits per heavy atom. The normalized spacial score (nSPS) is 13.6. The predicted molar refractivity (Wildman–Crippen MR) is 122 cm³/mol. The van der Waals surface area contributed by atoms with Gasteiger partial charge in [0.25, 0.3) is 12.9 Å². The summed E-state index contributed by atoms with van der Waals surface area (Å²) in [5.41, 5.74) is 4.20. The molecule has 0 saturated heterocycles. The van der Waals surface area contributed by atoms with E-state index in [1.165, 1.54) is 23.1 Å². The van der Waals surface area contributed by atoms with Crippen molar-refractivity contribution >= 4 is 19.0 Å². The van der Waals surface area contributed by atoms with Gasteiger partial charge in [-0.3, -0.25) is 14.5 Å². The minimum atomic E-state index is -0.250. The smallest absolute Gasteiger partial charge is 0.290 e. The van der Waals surface area contributed by atoms with E-state index in [-0.39, 0.29) is 12.9 Å². The van der Waals surface area contributed by atoms with Gasteiger partial charge in [-0.2, -0.15) is 0 Å². The van der Waals surface area contributed by atoms with E-state index in [1.54, 1.807) is 7.11 Å². The van der Waals surface area contributed by atoms with Gasteiger partial charge in [-0.05, 0) is 42.2 Å². The summed E-state index contributed by atoms with van der Waals surface area (Å²) in [6.45, 7) is 5.97. The van der Waals surface area contributed by atoms with E-state index < -0.39 is 0 Å². The summed E-state index contributed by atoms with van der Waals surface area (Å²) in [5, 5.41) is 17.4. The van der Waals surface area contributed by atoms with Crippen molar-refractivity contribution in [3.8, 4) is 5.75 Å². The van der Waals surface area contributed by atoms with Gasteiger partial charge in [-0.25, -0.2) is 0 Å². The Morgan fingerprint density at radius 1 is 1.06 bits per heavy atom. The molecule has 168 valence electrons. The van der Waals surface area contributed by atoms with Crippen LogP contribution in [0, 0.1) is 0 Å². The Labute approximate surface area is 184 Å². The molecule has 1 aliphatic rings. The number of fused-ring (bicyclic) bond motifs is 1. The number of rotatable bonds is 7. The lowest BCUT2D eigenvalue weighted by atomic mass is 10.00. The third-order valence-electron chi connectivity index (χ3n) is 4.75. The van der Waals surface area contributed by atoms with E-state index in [2.05, 4.69) is 65.7 Å². The molecular formula is C24H32N2O5. The first-order chi connectivity index (χ1) is 15.1. The molecule has 1 aliphatic heterocycles. The van der Waals surface area contributed by atoms with Gasteiger partial charge < -0.3 is 20.3 Å². The van der Waals surface area contributed by atoms with Gasteiger partial charge >= 0.3 is 0 Å². The molecular weight excluding hydrogens is 396 g/mol. The van der Waals surface area contributed by atoms with E-state index in [4.69, 9.17) is 24.5 Å². The average Bonchev–Trinajstić information content (AvgIpc) is 2.78. The van der Waals surface area contributed by atoms with Crippen molar-refractivity contribution in [1.82, 2.24) is 10.2 Å². The van der Waals surface area contributed by atoms with Gasteiger partial charge in [0.05, 0.1) is 7.11 Å². The minimum absolute atomic E-state index is 0.250. The zero-order valence-corrected chi connectivity index (χ0v) is 18.1. The standard InChI is InChI=1S/C22H28N2O.2CH2O2/c1-18(16-24-15-13-20-7-3-4-8-21(20)17-24)23-14-5-6-19-9-11-22(25-2)12-10-19;2*2-1-3/h3-12,18,23H,13-17H2,1-2H3;2*1H,(H,2,3)/b6-5+;;. The Hall–Kier alpha value is -3.16. The van der Waals surface area contributed by atoms with Crippen LogP contribution in [0.15, 0.2) is 54.6 Å². The molecule has 0 amide bonds. The summed E-state index contributed by atoms with van der Waals surface area (Å²) < 4.78 is 5.18. The molecule has 0 radical (unpaired) electrons. The van der Waals surface area contributed by atoms with Crippen molar-refractivity contribution in [2.45, 2.75) is 25.9 Å². The number of nitrogens with zero attached hydrogens (tertiary/aromatic N) is 1. The van der Waals surface area contributed by atoms with Gasteiger partial charge in [0, 0.05) is 32.2 Å². The third kappa shape index (κ3) is 10.4. The van der Waals surface area contributed by atoms with E-state index in [0.717, 1.165) is 31.9 Å². The van der Waals surface area contributed by atoms with Crippen LogP contribution in [-0.4, -0.2) is 60.8 Å². The monoisotopic (exact) mass is 428 g/mol. The van der Waals surface area contributed by atoms with Crippen molar-refractivity contribution in [3.63, 3.8) is 0 Å². The SMILES string of the molecule is COc1ccc(/C=C/CNC(C)CN2CCc3ccccc3C2)cc1.O=CO.O=CO. The zero-order chi connectivity index (χ0) is 22.9. The van der Waals surface area contributed by atoms with Crippen LogP contribution in [0.1, 0.15) is 23.6 Å². The van der Waals surface area contributed by atoms with Crippen molar-refractivity contribution in [2.24, 2.45) is 0 Å². The molecule has 0 saturated carbocycles. The number of carboxylic acid groups (broad SMARTS) is 2. The Balaban J connectivity index is 0.000000720. The van der Waals surface area contributed by atoms with Gasteiger partial charge in [0.15, 0.2) is 0 Å². The van der Waals surface area contributed by atoms with E-state index in [1.807, 2.05) is 12.1 Å². The lowest BCUT2D eigenvalue weighted by molar-refractivity contribution is -0.123. The van der Waals surface area contributed by atoms with Crippen LogP contribution in [0.25, 0.3) is 6.08 Å². The van der Waals surface area contributed by atoms with Gasteiger partial charge in [-0.15, -0.1) is 0 Å². The fraction of sp³-hybridized carbons (Fsp3) is 0.333. The number of hydrogen-bond donors (Lipinski definition) is 3. The number of hydrogen-bond acceptors (Lipinski definition) is 5. The zero-order valence-electron chi connectivity index (χ0n) is 18.1. The van der Waals surface area contributed by atoms with Crippen LogP contribution in [0.2, 0.25) is 0 Å². The summed E-state index contributed by atoms with van der Waals surface area (Å²) in [6.07, 6.45) is 5.50. The topological polar surface area (TPSA) is 99.1 Å². The van der Waals surface area contributed by atoms with Crippen LogP contribution in [0.4, 0.5) is 0 Å². The maximum absolute atomic E-state index is 8.36. The van der Waals surface area contributed by atoms with Crippen molar-refractivity contribution in [2.75, 3.05) is 26.7 Å². The second kappa shape index (κ2) is 15.6. The molecule has 0 bridgehead atoms. The summed E-state index contributed by atoms with van der Waals surface area (Å²) in [6, 6.07) is 17.4. The molecule has 0 fully saturated rings. The second-order valence-electron chi connectivity index (χ2n) is 6.95. The Kier molecular flexibility index (Phi) is 13.1. The first kappa shape index (κ1) is 25.9. The third-order valence-corrected chi connectivity index (χ3v) is 4.75. The Morgan fingerprint density at radius 2 is 1.68 bits per heavy atom. The molecule has 1 heterocycles. The van der Waals surface area contributed by atoms with Crippen LogP contribution in [0.3, 0.4) is 0 Å². The molecule has 0 spiro atoms. The summed E-state index contributed by atoms with van der Waals surface area (Å²) in [7, 11) is 1.69. The lowest BCUT2D eigenvalue weighted by Gasteiger charge is -2.31. The molecule has 3 rings (SSSR count). The number of methoxy groups -OCH3 is 1. The molecule has 2 aromatic carbocycles. The number of ether oxygens (including phenoxy) is 1. The fourth-order valence-corrected chi connectivity index (χ4v) is 3.34. The van der Waals surface area contributed by atoms with Crippen molar-refractivity contribution in [3.05, 3.63) is 71.3 Å². The largest absolute Gasteiger partial charge is 0.497 e. The molecule has 0 aromatic heterocycles. The molecule has 2 aromatic rings. The van der Waals surface area contributed by atoms with Crippen molar-refractivity contribution < 1.29 is 24.5 Å². The van der Waals surface area contributed by atoms with Gasteiger partial charge in [-0.1, -0.05) is 48.6 Å². The van der Waals surface area contributed by atoms with E-state index in [0.29, 0.717) is 6.04 Å². The molecule has 3 N–H and O–H groups in total. The fourth-order valence-electron chi connectivity index (χ4n) is 3.34. The highest BCUT2D eigenvalue weighted by Crippen LogP contribution is 2.18. The lowest BCUT2D eigenvalue weighted by Crippen LogP contribution is -2.41. The quantitative estimate of drug-likeness (QED) is 0.583. The van der Waals surface area contributed by atoms with Crippen molar-refractivity contribution in [1.29, 1.82) is 0 Å². The maximum atomic E-state index is 8.36. The van der Waals surface area contributed by atoms with E-state index >= 15 is 0 Å². The first-order valence-electron chi connectivity index (χ1n) is 10.1. The molecule has 31 heavy (non-hydrogen) atoms. The number of nitrogens with one attached hydrogen (secondary N) is 1. The number of carbonyl (C=O) groups is 2. The maximum Gasteiger partial charge on any atom is 0.290 e. The first-order valence-corrected chi connectivity index (χ1v) is 10.1. The van der Waals surface area contributed by atoms with E-state index in [9.17, 15) is 0 Å². The highest BCUT2D eigenvalue weighted by molar-refractivity contribution is 5.50. The molecule has 1 unspecified atom stereocenters. The Bertz CT molecular complexity index is 787. The molecule has 7 heteroatoms. The summed E-state index contributed by atoms with van der Waals surface area (Å²) in [4.78, 5) is 19.3. The van der Waals surface area contributed by atoms with Gasteiger partial charge in [0.2, 0.25) is 0 Å².